The lowest BCUT2D eigenvalue weighted by molar-refractivity contribution is -0.696. The van der Waals surface area contributed by atoms with Crippen molar-refractivity contribution in [3.8, 4) is 0 Å². The molecule has 0 atom stereocenters. The molecule has 1 heterocycles. The number of aryl methyl sites for hydroxylation is 1. The lowest BCUT2D eigenvalue weighted by Crippen LogP contribution is -2.30. The fraction of sp³-hybridized carbons (Fsp3) is 0.333. The molecule has 0 unspecified atom stereocenters. The van der Waals surface area contributed by atoms with Crippen LogP contribution in [0.3, 0.4) is 0 Å². The maximum absolute atomic E-state index is 10.2. The van der Waals surface area contributed by atoms with E-state index in [0.29, 0.717) is 6.42 Å². The molecule has 1 rings (SSSR count). The summed E-state index contributed by atoms with van der Waals surface area (Å²) in [6.07, 6.45) is 8.19. The molecule has 0 amide bonds. The molecule has 0 aromatic carbocycles. The molecule has 13 heavy (non-hydrogen) atoms. The minimum atomic E-state index is -0.747. The number of aromatic nitrogens is 2. The summed E-state index contributed by atoms with van der Waals surface area (Å²) in [4.78, 5) is 10.2. The highest BCUT2D eigenvalue weighted by molar-refractivity contribution is 5.66. The van der Waals surface area contributed by atoms with E-state index in [0.717, 1.165) is 6.54 Å². The van der Waals surface area contributed by atoms with E-state index < -0.39 is 5.97 Å². The van der Waals surface area contributed by atoms with Crippen LogP contribution in [-0.2, 0) is 11.3 Å². The van der Waals surface area contributed by atoms with Crippen molar-refractivity contribution in [2.45, 2.75) is 19.4 Å². The van der Waals surface area contributed by atoms with Gasteiger partial charge in [-0.3, -0.25) is 4.79 Å². The molecule has 0 aliphatic carbocycles. The normalized spacial score (nSPS) is 9.85. The molecule has 0 radical (unpaired) electrons. The molecule has 0 bridgehead atoms. The number of carbonyl (C=O) groups is 1. The molecule has 4 heteroatoms. The Morgan fingerprint density at radius 1 is 1.69 bits per heavy atom. The van der Waals surface area contributed by atoms with Crippen molar-refractivity contribution in [3.63, 3.8) is 0 Å². The summed E-state index contributed by atoms with van der Waals surface area (Å²) in [6.45, 7) is 4.34. The number of imidazole rings is 1. The molecular weight excluding hydrogens is 168 g/mol. The second-order valence-corrected chi connectivity index (χ2v) is 2.78. The van der Waals surface area contributed by atoms with E-state index in [1.54, 1.807) is 6.20 Å². The molecule has 1 N–H and O–H groups in total. The zero-order chi connectivity index (χ0) is 9.68. The predicted octanol–water partition coefficient (Wildman–Crippen LogP) is 0.741. The summed E-state index contributed by atoms with van der Waals surface area (Å²) in [5, 5.41) is 8.41. The Hall–Kier alpha value is -1.58. The summed E-state index contributed by atoms with van der Waals surface area (Å²) in [5.41, 5.74) is 0. The second kappa shape index (κ2) is 4.45. The number of carboxylic acid groups (broad SMARTS) is 1. The quantitative estimate of drug-likeness (QED) is 0.681. The molecule has 0 spiro atoms. The van der Waals surface area contributed by atoms with Crippen LogP contribution in [0.15, 0.2) is 25.3 Å². The van der Waals surface area contributed by atoms with Gasteiger partial charge in [-0.05, 0) is 6.42 Å². The van der Waals surface area contributed by atoms with Crippen LogP contribution in [0.1, 0.15) is 12.8 Å². The Morgan fingerprint density at radius 3 is 3.00 bits per heavy atom. The van der Waals surface area contributed by atoms with Crippen LogP contribution >= 0.6 is 0 Å². The van der Waals surface area contributed by atoms with E-state index in [2.05, 4.69) is 6.58 Å². The molecule has 1 aromatic rings. The van der Waals surface area contributed by atoms with Crippen molar-refractivity contribution in [1.29, 1.82) is 0 Å². The molecule has 0 aliphatic heterocycles. The molecule has 0 saturated heterocycles. The minimum absolute atomic E-state index is 0.215. The number of aliphatic carboxylic acids is 1. The molecular formula is C9H13N2O2+. The van der Waals surface area contributed by atoms with E-state index in [9.17, 15) is 4.79 Å². The fourth-order valence-corrected chi connectivity index (χ4v) is 1.06. The minimum Gasteiger partial charge on any atom is -0.481 e. The van der Waals surface area contributed by atoms with Crippen LogP contribution in [0.2, 0.25) is 0 Å². The van der Waals surface area contributed by atoms with Crippen molar-refractivity contribution in [2.24, 2.45) is 0 Å². The zero-order valence-corrected chi connectivity index (χ0v) is 7.39. The van der Waals surface area contributed by atoms with Crippen molar-refractivity contribution in [2.75, 3.05) is 0 Å². The molecule has 1 aromatic heterocycles. The van der Waals surface area contributed by atoms with E-state index in [1.807, 2.05) is 27.9 Å². The maximum Gasteiger partial charge on any atom is 0.303 e. The van der Waals surface area contributed by atoms with Gasteiger partial charge in [-0.15, -0.1) is 0 Å². The lowest BCUT2D eigenvalue weighted by Gasteiger charge is -1.92. The largest absolute Gasteiger partial charge is 0.481 e. The molecule has 70 valence electrons. The van der Waals surface area contributed by atoms with Crippen molar-refractivity contribution in [1.82, 2.24) is 4.57 Å². The smallest absolute Gasteiger partial charge is 0.303 e. The van der Waals surface area contributed by atoms with Gasteiger partial charge < -0.3 is 5.11 Å². The monoisotopic (exact) mass is 181 g/mol. The van der Waals surface area contributed by atoms with E-state index in [4.69, 9.17) is 5.11 Å². The fourth-order valence-electron chi connectivity index (χ4n) is 1.06. The Morgan fingerprint density at radius 2 is 2.46 bits per heavy atom. The third-order valence-electron chi connectivity index (χ3n) is 1.73. The third-order valence-corrected chi connectivity index (χ3v) is 1.73. The average Bonchev–Trinajstić information content (AvgIpc) is 2.52. The Balaban J connectivity index is 2.36. The number of hydrogen-bond acceptors (Lipinski definition) is 1. The molecule has 0 fully saturated rings. The van der Waals surface area contributed by atoms with E-state index >= 15 is 0 Å². The summed E-state index contributed by atoms with van der Waals surface area (Å²) < 4.78 is 3.76. The highest BCUT2D eigenvalue weighted by Gasteiger charge is 2.02. The van der Waals surface area contributed by atoms with Gasteiger partial charge in [0.15, 0.2) is 0 Å². The van der Waals surface area contributed by atoms with Crippen LogP contribution in [-0.4, -0.2) is 15.6 Å². The van der Waals surface area contributed by atoms with Gasteiger partial charge in [-0.1, -0.05) is 6.58 Å². The maximum atomic E-state index is 10.2. The SMILES string of the molecule is C=Cn1cc[n+](CCCC(=O)O)c1. The average molecular weight is 181 g/mol. The number of rotatable bonds is 5. The van der Waals surface area contributed by atoms with Gasteiger partial charge in [0, 0.05) is 6.42 Å². The van der Waals surface area contributed by atoms with Gasteiger partial charge in [0.05, 0.1) is 12.7 Å². The van der Waals surface area contributed by atoms with Crippen molar-refractivity contribution < 1.29 is 14.5 Å². The topological polar surface area (TPSA) is 46.1 Å². The molecule has 0 aliphatic rings. The Kier molecular flexibility index (Phi) is 3.25. The summed E-state index contributed by atoms with van der Waals surface area (Å²) >= 11 is 0. The predicted molar refractivity (Wildman–Crippen MR) is 47.9 cm³/mol. The Bertz CT molecular complexity index is 304. The van der Waals surface area contributed by atoms with Crippen LogP contribution < -0.4 is 4.57 Å². The van der Waals surface area contributed by atoms with Gasteiger partial charge in [0.25, 0.3) is 0 Å². The highest BCUT2D eigenvalue weighted by atomic mass is 16.4. The third kappa shape index (κ3) is 3.11. The summed E-state index contributed by atoms with van der Waals surface area (Å²) in [5.74, 6) is -0.747. The van der Waals surface area contributed by atoms with Gasteiger partial charge in [-0.25, -0.2) is 9.13 Å². The first-order valence-corrected chi connectivity index (χ1v) is 4.13. The van der Waals surface area contributed by atoms with Crippen LogP contribution in [0, 0.1) is 0 Å². The van der Waals surface area contributed by atoms with Gasteiger partial charge in [0.1, 0.15) is 12.4 Å². The van der Waals surface area contributed by atoms with Crippen LogP contribution in [0.25, 0.3) is 6.20 Å². The Labute approximate surface area is 76.7 Å². The van der Waals surface area contributed by atoms with Crippen LogP contribution in [0.4, 0.5) is 0 Å². The first kappa shape index (κ1) is 9.51. The summed E-state index contributed by atoms with van der Waals surface area (Å²) in [7, 11) is 0. The first-order chi connectivity index (χ1) is 6.22. The highest BCUT2D eigenvalue weighted by Crippen LogP contribution is 1.89. The second-order valence-electron chi connectivity index (χ2n) is 2.78. The lowest BCUT2D eigenvalue weighted by atomic mass is 10.3. The van der Waals surface area contributed by atoms with Gasteiger partial charge >= 0.3 is 5.97 Å². The van der Waals surface area contributed by atoms with Gasteiger partial charge in [0.2, 0.25) is 6.33 Å². The molecule has 4 nitrogen and oxygen atoms in total. The van der Waals surface area contributed by atoms with Crippen molar-refractivity contribution in [3.05, 3.63) is 25.3 Å². The first-order valence-electron chi connectivity index (χ1n) is 4.13. The standard InChI is InChI=1S/C9H12N2O2/c1-2-10-6-7-11(8-10)5-3-4-9(12)13/h2,6-8H,1,3-5H2/p+1. The molecule has 0 saturated carbocycles. The van der Waals surface area contributed by atoms with Crippen molar-refractivity contribution >= 4 is 12.2 Å². The van der Waals surface area contributed by atoms with E-state index in [1.165, 1.54) is 0 Å². The van der Waals surface area contributed by atoms with Crippen LogP contribution in [0.5, 0.6) is 0 Å². The number of nitrogens with zero attached hydrogens (tertiary/aromatic N) is 2. The zero-order valence-electron chi connectivity index (χ0n) is 7.39. The number of hydrogen-bond donors (Lipinski definition) is 1. The van der Waals surface area contributed by atoms with Gasteiger partial charge in [-0.2, -0.15) is 0 Å². The van der Waals surface area contributed by atoms with E-state index in [-0.39, 0.29) is 6.42 Å². The summed E-state index contributed by atoms with van der Waals surface area (Å²) in [6, 6.07) is 0. The number of carboxylic acids is 1.